The predicted octanol–water partition coefficient (Wildman–Crippen LogP) is 2.90. The van der Waals surface area contributed by atoms with E-state index in [-0.39, 0.29) is 5.97 Å². The van der Waals surface area contributed by atoms with Gasteiger partial charge in [-0.3, -0.25) is 0 Å². The molecular formula is C10H16O2S2. The van der Waals surface area contributed by atoms with Crippen molar-refractivity contribution in [2.45, 2.75) is 20.8 Å². The Hall–Kier alpha value is -0.0900. The SMILES string of the molecule is CCOC(=O)C1=C(C(C)C)SCCS1. The fraction of sp³-hybridized carbons (Fsp3) is 0.700. The van der Waals surface area contributed by atoms with E-state index in [1.807, 2.05) is 6.92 Å². The van der Waals surface area contributed by atoms with Crippen LogP contribution >= 0.6 is 23.5 Å². The summed E-state index contributed by atoms with van der Waals surface area (Å²) in [6.45, 7) is 6.54. The molecule has 0 aliphatic carbocycles. The molecule has 1 rings (SSSR count). The van der Waals surface area contributed by atoms with Crippen LogP contribution in [0.2, 0.25) is 0 Å². The van der Waals surface area contributed by atoms with Crippen LogP contribution in [0.4, 0.5) is 0 Å². The minimum atomic E-state index is -0.145. The minimum absolute atomic E-state index is 0.145. The van der Waals surface area contributed by atoms with Gasteiger partial charge in [0.05, 0.1) is 6.61 Å². The largest absolute Gasteiger partial charge is 0.462 e. The van der Waals surface area contributed by atoms with Crippen LogP contribution in [0.5, 0.6) is 0 Å². The second kappa shape index (κ2) is 5.71. The van der Waals surface area contributed by atoms with E-state index in [2.05, 4.69) is 13.8 Å². The first-order valence-electron chi connectivity index (χ1n) is 4.83. The number of thioether (sulfide) groups is 2. The van der Waals surface area contributed by atoms with Crippen LogP contribution < -0.4 is 0 Å². The standard InChI is InChI=1S/C10H16O2S2/c1-4-12-10(11)9-8(7(2)3)13-5-6-14-9/h7H,4-6H2,1-3H3. The highest BCUT2D eigenvalue weighted by atomic mass is 32.2. The molecular weight excluding hydrogens is 216 g/mol. The zero-order chi connectivity index (χ0) is 10.6. The molecule has 0 radical (unpaired) electrons. The van der Waals surface area contributed by atoms with E-state index in [1.165, 1.54) is 4.91 Å². The average Bonchev–Trinajstić information content (AvgIpc) is 2.18. The zero-order valence-corrected chi connectivity index (χ0v) is 10.5. The highest BCUT2D eigenvalue weighted by molar-refractivity contribution is 8.10. The van der Waals surface area contributed by atoms with Gasteiger partial charge in [0.25, 0.3) is 0 Å². The lowest BCUT2D eigenvalue weighted by Gasteiger charge is -2.20. The van der Waals surface area contributed by atoms with Crippen LogP contribution in [-0.2, 0) is 9.53 Å². The molecule has 0 atom stereocenters. The van der Waals surface area contributed by atoms with Crippen LogP contribution in [0.15, 0.2) is 9.81 Å². The number of carbonyl (C=O) groups is 1. The number of hydrogen-bond donors (Lipinski definition) is 0. The summed E-state index contributed by atoms with van der Waals surface area (Å²) in [6.07, 6.45) is 0. The Morgan fingerprint density at radius 2 is 2.07 bits per heavy atom. The molecule has 0 saturated heterocycles. The van der Waals surface area contributed by atoms with Gasteiger partial charge in [0.15, 0.2) is 0 Å². The first-order valence-corrected chi connectivity index (χ1v) is 6.80. The van der Waals surface area contributed by atoms with E-state index in [9.17, 15) is 4.79 Å². The molecule has 80 valence electrons. The molecule has 0 N–H and O–H groups in total. The second-order valence-electron chi connectivity index (χ2n) is 3.27. The van der Waals surface area contributed by atoms with Crippen molar-refractivity contribution in [3.8, 4) is 0 Å². The molecule has 1 aliphatic heterocycles. The Labute approximate surface area is 93.8 Å². The second-order valence-corrected chi connectivity index (χ2v) is 5.51. The van der Waals surface area contributed by atoms with E-state index >= 15 is 0 Å². The molecule has 0 fully saturated rings. The molecule has 0 bridgehead atoms. The van der Waals surface area contributed by atoms with Gasteiger partial charge in [-0.05, 0) is 12.8 Å². The van der Waals surface area contributed by atoms with Gasteiger partial charge in [-0.1, -0.05) is 13.8 Å². The van der Waals surface area contributed by atoms with Crippen LogP contribution in [0.3, 0.4) is 0 Å². The lowest BCUT2D eigenvalue weighted by molar-refractivity contribution is -0.137. The third kappa shape index (κ3) is 2.95. The van der Waals surface area contributed by atoms with Gasteiger partial charge >= 0.3 is 5.97 Å². The lowest BCUT2D eigenvalue weighted by Crippen LogP contribution is -2.13. The summed E-state index contributed by atoms with van der Waals surface area (Å²) in [6, 6.07) is 0. The first kappa shape index (κ1) is 12.0. The summed E-state index contributed by atoms with van der Waals surface area (Å²) in [5.74, 6) is 2.39. The zero-order valence-electron chi connectivity index (χ0n) is 8.83. The quantitative estimate of drug-likeness (QED) is 0.699. The van der Waals surface area contributed by atoms with Gasteiger partial charge in [-0.2, -0.15) is 0 Å². The van der Waals surface area contributed by atoms with E-state index in [0.29, 0.717) is 12.5 Å². The molecule has 0 aromatic rings. The van der Waals surface area contributed by atoms with E-state index < -0.39 is 0 Å². The normalized spacial score (nSPS) is 17.4. The van der Waals surface area contributed by atoms with E-state index in [1.54, 1.807) is 23.5 Å². The van der Waals surface area contributed by atoms with Gasteiger partial charge in [0.2, 0.25) is 0 Å². The maximum absolute atomic E-state index is 11.6. The Morgan fingerprint density at radius 1 is 1.43 bits per heavy atom. The summed E-state index contributed by atoms with van der Waals surface area (Å²) in [5, 5.41) is 0. The van der Waals surface area contributed by atoms with Crippen LogP contribution in [0.25, 0.3) is 0 Å². The smallest absolute Gasteiger partial charge is 0.345 e. The molecule has 4 heteroatoms. The third-order valence-electron chi connectivity index (χ3n) is 1.80. The number of ether oxygens (including phenoxy) is 1. The highest BCUT2D eigenvalue weighted by Gasteiger charge is 2.23. The predicted molar refractivity (Wildman–Crippen MR) is 63.4 cm³/mol. The van der Waals surface area contributed by atoms with Crippen molar-refractivity contribution in [1.29, 1.82) is 0 Å². The lowest BCUT2D eigenvalue weighted by atomic mass is 10.2. The summed E-state index contributed by atoms with van der Waals surface area (Å²) in [4.78, 5) is 13.6. The van der Waals surface area contributed by atoms with Crippen molar-refractivity contribution in [3.63, 3.8) is 0 Å². The van der Waals surface area contributed by atoms with Crippen molar-refractivity contribution in [3.05, 3.63) is 9.81 Å². The molecule has 1 aliphatic rings. The van der Waals surface area contributed by atoms with Gasteiger partial charge < -0.3 is 4.74 Å². The summed E-state index contributed by atoms with van der Waals surface area (Å²) in [7, 11) is 0. The molecule has 1 heterocycles. The Kier molecular flexibility index (Phi) is 4.89. The third-order valence-corrected chi connectivity index (χ3v) is 4.66. The summed E-state index contributed by atoms with van der Waals surface area (Å²) >= 11 is 3.42. The fourth-order valence-electron chi connectivity index (χ4n) is 1.22. The molecule has 14 heavy (non-hydrogen) atoms. The van der Waals surface area contributed by atoms with Crippen molar-refractivity contribution < 1.29 is 9.53 Å². The first-order chi connectivity index (χ1) is 6.66. The van der Waals surface area contributed by atoms with Gasteiger partial charge in [-0.25, -0.2) is 4.79 Å². The van der Waals surface area contributed by atoms with Gasteiger partial charge in [0, 0.05) is 16.4 Å². The van der Waals surface area contributed by atoms with Crippen LogP contribution in [0.1, 0.15) is 20.8 Å². The van der Waals surface area contributed by atoms with Gasteiger partial charge in [-0.15, -0.1) is 23.5 Å². The van der Waals surface area contributed by atoms with Crippen molar-refractivity contribution in [2.24, 2.45) is 5.92 Å². The fourth-order valence-corrected chi connectivity index (χ4v) is 3.76. The minimum Gasteiger partial charge on any atom is -0.462 e. The van der Waals surface area contributed by atoms with Crippen molar-refractivity contribution in [1.82, 2.24) is 0 Å². The molecule has 2 nitrogen and oxygen atoms in total. The Bertz CT molecular complexity index is 247. The topological polar surface area (TPSA) is 26.3 Å². The molecule has 0 saturated carbocycles. The van der Waals surface area contributed by atoms with E-state index in [4.69, 9.17) is 4.74 Å². The number of hydrogen-bond acceptors (Lipinski definition) is 4. The average molecular weight is 232 g/mol. The van der Waals surface area contributed by atoms with Crippen LogP contribution in [0, 0.1) is 5.92 Å². The summed E-state index contributed by atoms with van der Waals surface area (Å²) < 4.78 is 5.03. The number of allylic oxidation sites excluding steroid dienone is 1. The number of carbonyl (C=O) groups excluding carboxylic acids is 1. The van der Waals surface area contributed by atoms with Gasteiger partial charge in [0.1, 0.15) is 4.91 Å². The number of esters is 1. The van der Waals surface area contributed by atoms with E-state index in [0.717, 1.165) is 16.4 Å². The molecule has 0 aromatic heterocycles. The maximum atomic E-state index is 11.6. The molecule has 0 spiro atoms. The molecule has 0 aromatic carbocycles. The van der Waals surface area contributed by atoms with Crippen molar-refractivity contribution >= 4 is 29.5 Å². The highest BCUT2D eigenvalue weighted by Crippen LogP contribution is 2.38. The van der Waals surface area contributed by atoms with Crippen LogP contribution in [-0.4, -0.2) is 24.1 Å². The Morgan fingerprint density at radius 3 is 2.64 bits per heavy atom. The number of rotatable bonds is 3. The maximum Gasteiger partial charge on any atom is 0.345 e. The molecule has 0 amide bonds. The van der Waals surface area contributed by atoms with Crippen molar-refractivity contribution in [2.75, 3.05) is 18.1 Å². The monoisotopic (exact) mass is 232 g/mol. The molecule has 0 unspecified atom stereocenters. The summed E-state index contributed by atoms with van der Waals surface area (Å²) in [5.41, 5.74) is 0. The Balaban J connectivity index is 2.82.